The number of aromatic carboxylic acids is 1. The number of benzene rings is 1. The van der Waals surface area contributed by atoms with Crippen LogP contribution in [0, 0.1) is 0 Å². The molecule has 2 rings (SSSR count). The zero-order chi connectivity index (χ0) is 14.4. The zero-order valence-corrected chi connectivity index (χ0v) is 12.0. The maximum absolute atomic E-state index is 10.7. The van der Waals surface area contributed by atoms with Gasteiger partial charge in [-0.1, -0.05) is 6.07 Å². The van der Waals surface area contributed by atoms with E-state index in [1.807, 2.05) is 6.07 Å². The first kappa shape index (κ1) is 14.6. The van der Waals surface area contributed by atoms with E-state index in [1.54, 1.807) is 35.6 Å². The number of hydrogen-bond acceptors (Lipinski definition) is 4. The van der Waals surface area contributed by atoms with Crippen molar-refractivity contribution in [2.24, 2.45) is 0 Å². The molecule has 2 aromatic rings. The van der Waals surface area contributed by atoms with Crippen molar-refractivity contribution in [2.45, 2.75) is 13.0 Å². The fourth-order valence-corrected chi connectivity index (χ4v) is 2.54. The molecule has 0 saturated carbocycles. The third-order valence-corrected chi connectivity index (χ3v) is 3.95. The molecular formula is C15H17NO3S. The fourth-order valence-electron chi connectivity index (χ4n) is 1.78. The van der Waals surface area contributed by atoms with Crippen LogP contribution in [-0.2, 0) is 0 Å². The van der Waals surface area contributed by atoms with Crippen LogP contribution in [0.15, 0.2) is 41.8 Å². The highest BCUT2D eigenvalue weighted by atomic mass is 32.1. The molecule has 0 amide bonds. The van der Waals surface area contributed by atoms with E-state index in [2.05, 4.69) is 23.7 Å². The molecular weight excluding hydrogens is 274 g/mol. The SMILES string of the molecule is CC(NCCOc1ccc(C(=O)O)cc1)c1cccs1. The average Bonchev–Trinajstić information content (AvgIpc) is 2.98. The number of hydrogen-bond donors (Lipinski definition) is 2. The second-order valence-electron chi connectivity index (χ2n) is 4.37. The van der Waals surface area contributed by atoms with Gasteiger partial charge in [0.05, 0.1) is 5.56 Å². The van der Waals surface area contributed by atoms with E-state index in [0.717, 1.165) is 6.54 Å². The van der Waals surface area contributed by atoms with E-state index in [4.69, 9.17) is 9.84 Å². The van der Waals surface area contributed by atoms with Gasteiger partial charge in [-0.25, -0.2) is 4.79 Å². The Morgan fingerprint density at radius 1 is 1.35 bits per heavy atom. The molecule has 0 aliphatic rings. The summed E-state index contributed by atoms with van der Waals surface area (Å²) in [4.78, 5) is 12.0. The van der Waals surface area contributed by atoms with Crippen LogP contribution >= 0.6 is 11.3 Å². The monoisotopic (exact) mass is 291 g/mol. The maximum atomic E-state index is 10.7. The van der Waals surface area contributed by atoms with Crippen LogP contribution in [0.1, 0.15) is 28.2 Å². The van der Waals surface area contributed by atoms with Crippen molar-refractivity contribution in [2.75, 3.05) is 13.2 Å². The number of ether oxygens (including phenoxy) is 1. The van der Waals surface area contributed by atoms with Crippen molar-refractivity contribution in [3.8, 4) is 5.75 Å². The predicted octanol–water partition coefficient (Wildman–Crippen LogP) is 3.18. The highest BCUT2D eigenvalue weighted by molar-refractivity contribution is 7.10. The molecule has 5 heteroatoms. The topological polar surface area (TPSA) is 58.6 Å². The lowest BCUT2D eigenvalue weighted by Crippen LogP contribution is -2.23. The summed E-state index contributed by atoms with van der Waals surface area (Å²) < 4.78 is 5.56. The molecule has 0 fully saturated rings. The third-order valence-electron chi connectivity index (χ3n) is 2.89. The van der Waals surface area contributed by atoms with Gasteiger partial charge in [-0.2, -0.15) is 0 Å². The van der Waals surface area contributed by atoms with Gasteiger partial charge in [0.2, 0.25) is 0 Å². The summed E-state index contributed by atoms with van der Waals surface area (Å²) >= 11 is 1.73. The lowest BCUT2D eigenvalue weighted by atomic mass is 10.2. The van der Waals surface area contributed by atoms with E-state index in [0.29, 0.717) is 18.4 Å². The van der Waals surface area contributed by atoms with Gasteiger partial charge in [-0.15, -0.1) is 11.3 Å². The molecule has 2 N–H and O–H groups in total. The van der Waals surface area contributed by atoms with Crippen LogP contribution in [0.2, 0.25) is 0 Å². The minimum Gasteiger partial charge on any atom is -0.492 e. The Morgan fingerprint density at radius 2 is 2.10 bits per heavy atom. The molecule has 1 aromatic carbocycles. The Hall–Kier alpha value is -1.85. The quantitative estimate of drug-likeness (QED) is 0.769. The molecule has 1 atom stereocenters. The molecule has 1 unspecified atom stereocenters. The molecule has 1 aromatic heterocycles. The van der Waals surface area contributed by atoms with E-state index in [-0.39, 0.29) is 5.56 Å². The van der Waals surface area contributed by atoms with E-state index in [1.165, 1.54) is 4.88 Å². The van der Waals surface area contributed by atoms with E-state index in [9.17, 15) is 4.79 Å². The summed E-state index contributed by atoms with van der Waals surface area (Å²) in [5.74, 6) is -0.247. The standard InChI is InChI=1S/C15H17NO3S/c1-11(14-3-2-10-20-14)16-8-9-19-13-6-4-12(5-7-13)15(17)18/h2-7,10-11,16H,8-9H2,1H3,(H,17,18). The highest BCUT2D eigenvalue weighted by Crippen LogP contribution is 2.17. The zero-order valence-electron chi connectivity index (χ0n) is 11.2. The smallest absolute Gasteiger partial charge is 0.335 e. The second-order valence-corrected chi connectivity index (χ2v) is 5.35. The van der Waals surface area contributed by atoms with Crippen molar-refractivity contribution in [1.82, 2.24) is 5.32 Å². The first-order chi connectivity index (χ1) is 9.66. The molecule has 1 heterocycles. The van der Waals surface area contributed by atoms with Crippen LogP contribution in [0.5, 0.6) is 5.75 Å². The molecule has 0 saturated heterocycles. The predicted molar refractivity (Wildman–Crippen MR) is 79.6 cm³/mol. The number of carboxylic acids is 1. The Bertz CT molecular complexity index is 537. The molecule has 0 spiro atoms. The molecule has 0 bridgehead atoms. The lowest BCUT2D eigenvalue weighted by molar-refractivity contribution is 0.0697. The van der Waals surface area contributed by atoms with Crippen molar-refractivity contribution in [3.05, 3.63) is 52.2 Å². The van der Waals surface area contributed by atoms with Crippen LogP contribution < -0.4 is 10.1 Å². The van der Waals surface area contributed by atoms with Gasteiger partial charge in [-0.3, -0.25) is 0 Å². The van der Waals surface area contributed by atoms with Crippen molar-refractivity contribution < 1.29 is 14.6 Å². The Morgan fingerprint density at radius 3 is 2.70 bits per heavy atom. The number of nitrogens with one attached hydrogen (secondary N) is 1. The number of carbonyl (C=O) groups is 1. The Labute approximate surface area is 122 Å². The third kappa shape index (κ3) is 4.08. The van der Waals surface area contributed by atoms with Gasteiger partial charge >= 0.3 is 5.97 Å². The van der Waals surface area contributed by atoms with Crippen LogP contribution in [0.25, 0.3) is 0 Å². The summed E-state index contributed by atoms with van der Waals surface area (Å²) in [7, 11) is 0. The van der Waals surface area contributed by atoms with E-state index >= 15 is 0 Å². The molecule has 20 heavy (non-hydrogen) atoms. The minimum absolute atomic E-state index is 0.266. The van der Waals surface area contributed by atoms with Gasteiger partial charge in [0.1, 0.15) is 12.4 Å². The average molecular weight is 291 g/mol. The Kier molecular flexibility index (Phi) is 5.15. The van der Waals surface area contributed by atoms with Gasteiger partial charge in [0, 0.05) is 17.5 Å². The molecule has 106 valence electrons. The first-order valence-electron chi connectivity index (χ1n) is 6.40. The number of rotatable bonds is 7. The molecule has 0 radical (unpaired) electrons. The van der Waals surface area contributed by atoms with Crippen LogP contribution in [0.3, 0.4) is 0 Å². The summed E-state index contributed by atoms with van der Waals surface area (Å²) in [5.41, 5.74) is 0.266. The number of carboxylic acid groups (broad SMARTS) is 1. The fraction of sp³-hybridized carbons (Fsp3) is 0.267. The molecule has 4 nitrogen and oxygen atoms in total. The maximum Gasteiger partial charge on any atom is 0.335 e. The van der Waals surface area contributed by atoms with Gasteiger partial charge < -0.3 is 15.2 Å². The second kappa shape index (κ2) is 7.07. The molecule has 0 aliphatic carbocycles. The van der Waals surface area contributed by atoms with Crippen molar-refractivity contribution in [1.29, 1.82) is 0 Å². The minimum atomic E-state index is -0.928. The summed E-state index contributed by atoms with van der Waals surface area (Å²) in [6, 6.07) is 10.9. The van der Waals surface area contributed by atoms with Crippen LogP contribution in [0.4, 0.5) is 0 Å². The van der Waals surface area contributed by atoms with Crippen LogP contribution in [-0.4, -0.2) is 24.2 Å². The van der Waals surface area contributed by atoms with Gasteiger partial charge in [0.15, 0.2) is 0 Å². The summed E-state index contributed by atoms with van der Waals surface area (Å²) in [5, 5.41) is 14.2. The molecule has 0 aliphatic heterocycles. The number of thiophene rings is 1. The summed E-state index contributed by atoms with van der Waals surface area (Å²) in [6.07, 6.45) is 0. The Balaban J connectivity index is 1.72. The van der Waals surface area contributed by atoms with E-state index < -0.39 is 5.97 Å². The summed E-state index contributed by atoms with van der Waals surface area (Å²) in [6.45, 7) is 3.40. The normalized spacial score (nSPS) is 12.1. The van der Waals surface area contributed by atoms with Crippen molar-refractivity contribution in [3.63, 3.8) is 0 Å². The van der Waals surface area contributed by atoms with Crippen molar-refractivity contribution >= 4 is 17.3 Å². The lowest BCUT2D eigenvalue weighted by Gasteiger charge is -2.12. The highest BCUT2D eigenvalue weighted by Gasteiger charge is 2.05. The largest absolute Gasteiger partial charge is 0.492 e. The van der Waals surface area contributed by atoms with Gasteiger partial charge in [-0.05, 0) is 42.6 Å². The van der Waals surface area contributed by atoms with Gasteiger partial charge in [0.25, 0.3) is 0 Å². The first-order valence-corrected chi connectivity index (χ1v) is 7.27.